The number of allylic oxidation sites excluding steroid dienone is 1. The van der Waals surface area contributed by atoms with E-state index < -0.39 is 0 Å². The topological polar surface area (TPSA) is 38.0 Å². The van der Waals surface area contributed by atoms with Crippen LogP contribution < -0.4 is 11.1 Å². The van der Waals surface area contributed by atoms with Gasteiger partial charge < -0.3 is 11.1 Å². The van der Waals surface area contributed by atoms with E-state index >= 15 is 0 Å². The second kappa shape index (κ2) is 3.52. The van der Waals surface area contributed by atoms with E-state index in [0.29, 0.717) is 0 Å². The first-order valence-corrected chi connectivity index (χ1v) is 4.66. The molecule has 2 rings (SSSR count). The second-order valence-corrected chi connectivity index (χ2v) is 3.36. The molecule has 1 aromatic carbocycles. The predicted molar refractivity (Wildman–Crippen MR) is 55.1 cm³/mol. The van der Waals surface area contributed by atoms with Gasteiger partial charge in [0, 0.05) is 5.69 Å². The summed E-state index contributed by atoms with van der Waals surface area (Å²) in [5.74, 6) is 0.845. The Hall–Kier alpha value is -1.44. The molecule has 1 aromatic rings. The van der Waals surface area contributed by atoms with Gasteiger partial charge in [-0.15, -0.1) is 0 Å². The van der Waals surface area contributed by atoms with Gasteiger partial charge in [-0.2, -0.15) is 0 Å². The van der Waals surface area contributed by atoms with E-state index in [-0.39, 0.29) is 0 Å². The molecule has 0 heterocycles. The highest BCUT2D eigenvalue weighted by Crippen LogP contribution is 2.27. The number of benzene rings is 1. The molecule has 0 spiro atoms. The quantitative estimate of drug-likeness (QED) is 0.722. The average molecular weight is 174 g/mol. The van der Waals surface area contributed by atoms with Gasteiger partial charge in [-0.05, 0) is 37.0 Å². The minimum absolute atomic E-state index is 0.845. The maximum absolute atomic E-state index is 5.88. The number of hydrogen-bond donors (Lipinski definition) is 2. The highest BCUT2D eigenvalue weighted by atomic mass is 15.0. The molecule has 2 heteroatoms. The van der Waals surface area contributed by atoms with Gasteiger partial charge in [-0.1, -0.05) is 18.2 Å². The second-order valence-electron chi connectivity index (χ2n) is 3.36. The smallest absolute Gasteiger partial charge is 0.0996 e. The largest absolute Gasteiger partial charge is 0.385 e. The first kappa shape index (κ1) is 8.17. The third kappa shape index (κ3) is 1.83. The Morgan fingerprint density at radius 1 is 1.15 bits per heavy atom. The minimum atomic E-state index is 0.845. The molecule has 1 saturated carbocycles. The van der Waals surface area contributed by atoms with E-state index in [4.69, 9.17) is 5.73 Å². The van der Waals surface area contributed by atoms with Crippen molar-refractivity contribution < 1.29 is 0 Å². The van der Waals surface area contributed by atoms with Crippen LogP contribution in [0.1, 0.15) is 19.3 Å². The van der Waals surface area contributed by atoms with E-state index in [2.05, 4.69) is 5.32 Å². The molecule has 1 fully saturated rings. The van der Waals surface area contributed by atoms with E-state index in [9.17, 15) is 0 Å². The molecule has 0 amide bonds. The predicted octanol–water partition coefficient (Wildman–Crippen LogP) is 2.45. The molecule has 0 saturated heterocycles. The highest BCUT2D eigenvalue weighted by Gasteiger charge is 2.12. The molecule has 0 atom stereocenters. The van der Waals surface area contributed by atoms with Crippen LogP contribution in [0.5, 0.6) is 0 Å². The summed E-state index contributed by atoms with van der Waals surface area (Å²) < 4.78 is 0. The van der Waals surface area contributed by atoms with Gasteiger partial charge in [0.1, 0.15) is 0 Å². The molecule has 0 aliphatic heterocycles. The summed E-state index contributed by atoms with van der Waals surface area (Å²) >= 11 is 0. The third-order valence-electron chi connectivity index (χ3n) is 2.39. The van der Waals surface area contributed by atoms with Crippen LogP contribution in [0.15, 0.2) is 41.7 Å². The van der Waals surface area contributed by atoms with Gasteiger partial charge in [-0.25, -0.2) is 0 Å². The monoisotopic (exact) mass is 174 g/mol. The number of hydrogen-bond acceptors (Lipinski definition) is 2. The molecule has 0 unspecified atom stereocenters. The summed E-state index contributed by atoms with van der Waals surface area (Å²) in [6, 6.07) is 10.0. The highest BCUT2D eigenvalue weighted by molar-refractivity contribution is 5.48. The molecular weight excluding hydrogens is 160 g/mol. The van der Waals surface area contributed by atoms with Crippen molar-refractivity contribution in [3.05, 3.63) is 41.7 Å². The number of nitrogens with two attached hydrogens (primary N) is 1. The van der Waals surface area contributed by atoms with Crippen molar-refractivity contribution >= 4 is 5.69 Å². The van der Waals surface area contributed by atoms with Gasteiger partial charge in [0.15, 0.2) is 0 Å². The standard InChI is InChI=1S/C11H14N2/c12-11(9-5-4-6-9)13-10-7-2-1-3-8-10/h1-3,7-8,13H,4-6,12H2. The summed E-state index contributed by atoms with van der Waals surface area (Å²) in [5.41, 5.74) is 8.31. The van der Waals surface area contributed by atoms with Crippen molar-refractivity contribution in [1.82, 2.24) is 0 Å². The summed E-state index contributed by atoms with van der Waals surface area (Å²) in [6.45, 7) is 0. The Balaban J connectivity index is 2.06. The van der Waals surface area contributed by atoms with Crippen LogP contribution in [-0.2, 0) is 0 Å². The Morgan fingerprint density at radius 3 is 2.38 bits per heavy atom. The van der Waals surface area contributed by atoms with Crippen LogP contribution in [-0.4, -0.2) is 0 Å². The van der Waals surface area contributed by atoms with Gasteiger partial charge in [0.2, 0.25) is 0 Å². The Bertz CT molecular complexity index is 308. The summed E-state index contributed by atoms with van der Waals surface area (Å²) in [4.78, 5) is 0. The molecule has 13 heavy (non-hydrogen) atoms. The van der Waals surface area contributed by atoms with Crippen LogP contribution in [0.3, 0.4) is 0 Å². The number of rotatable bonds is 2. The summed E-state index contributed by atoms with van der Waals surface area (Å²) in [5, 5.41) is 3.20. The molecule has 68 valence electrons. The normalized spacial score (nSPS) is 14.9. The fourth-order valence-corrected chi connectivity index (χ4v) is 1.39. The molecule has 3 N–H and O–H groups in total. The van der Waals surface area contributed by atoms with Crippen LogP contribution in [0.4, 0.5) is 5.69 Å². The van der Waals surface area contributed by atoms with Gasteiger partial charge in [-0.3, -0.25) is 0 Å². The first-order chi connectivity index (χ1) is 6.36. The van der Waals surface area contributed by atoms with Crippen LogP contribution in [0.2, 0.25) is 0 Å². The average Bonchev–Trinajstić information content (AvgIpc) is 2.02. The Labute approximate surface area is 78.5 Å². The zero-order valence-electron chi connectivity index (χ0n) is 7.59. The van der Waals surface area contributed by atoms with Gasteiger partial charge >= 0.3 is 0 Å². The SMILES string of the molecule is NC(Nc1ccccc1)=C1CCC1. The lowest BCUT2D eigenvalue weighted by Gasteiger charge is -2.20. The Kier molecular flexibility index (Phi) is 2.21. The molecule has 0 aromatic heterocycles. The van der Waals surface area contributed by atoms with Crippen molar-refractivity contribution in [2.75, 3.05) is 5.32 Å². The van der Waals surface area contributed by atoms with Gasteiger partial charge in [0.05, 0.1) is 5.82 Å². The molecule has 0 bridgehead atoms. The molecule has 1 aliphatic carbocycles. The van der Waals surface area contributed by atoms with Crippen molar-refractivity contribution in [3.63, 3.8) is 0 Å². The number of nitrogens with one attached hydrogen (secondary N) is 1. The first-order valence-electron chi connectivity index (χ1n) is 4.66. The molecule has 1 aliphatic rings. The van der Waals surface area contributed by atoms with Crippen LogP contribution in [0.25, 0.3) is 0 Å². The lowest BCUT2D eigenvalue weighted by Crippen LogP contribution is -2.16. The van der Waals surface area contributed by atoms with Crippen LogP contribution >= 0.6 is 0 Å². The van der Waals surface area contributed by atoms with Crippen molar-refractivity contribution in [2.24, 2.45) is 5.73 Å². The fourth-order valence-electron chi connectivity index (χ4n) is 1.39. The lowest BCUT2D eigenvalue weighted by molar-refractivity contribution is 0.650. The van der Waals surface area contributed by atoms with Crippen molar-refractivity contribution in [3.8, 4) is 0 Å². The van der Waals surface area contributed by atoms with E-state index in [1.807, 2.05) is 30.3 Å². The Morgan fingerprint density at radius 2 is 1.85 bits per heavy atom. The zero-order chi connectivity index (χ0) is 9.10. The van der Waals surface area contributed by atoms with E-state index in [0.717, 1.165) is 24.4 Å². The number of para-hydroxylation sites is 1. The third-order valence-corrected chi connectivity index (χ3v) is 2.39. The van der Waals surface area contributed by atoms with Crippen LogP contribution in [0, 0.1) is 0 Å². The maximum atomic E-state index is 5.88. The zero-order valence-corrected chi connectivity index (χ0v) is 7.59. The summed E-state index contributed by atoms with van der Waals surface area (Å²) in [7, 11) is 0. The molecule has 0 radical (unpaired) electrons. The fraction of sp³-hybridized carbons (Fsp3) is 0.273. The van der Waals surface area contributed by atoms with Crippen molar-refractivity contribution in [2.45, 2.75) is 19.3 Å². The van der Waals surface area contributed by atoms with Gasteiger partial charge in [0.25, 0.3) is 0 Å². The van der Waals surface area contributed by atoms with Crippen molar-refractivity contribution in [1.29, 1.82) is 0 Å². The summed E-state index contributed by atoms with van der Waals surface area (Å²) in [6.07, 6.45) is 3.60. The molecular formula is C11H14N2. The number of anilines is 1. The maximum Gasteiger partial charge on any atom is 0.0996 e. The van der Waals surface area contributed by atoms with E-state index in [1.165, 1.54) is 12.0 Å². The molecule has 2 nitrogen and oxygen atoms in total. The minimum Gasteiger partial charge on any atom is -0.385 e. The lowest BCUT2D eigenvalue weighted by atomic mass is 9.92. The van der Waals surface area contributed by atoms with E-state index in [1.54, 1.807) is 0 Å².